The summed E-state index contributed by atoms with van der Waals surface area (Å²) in [4.78, 5) is 15.8. The Kier molecular flexibility index (Phi) is 8.34. The van der Waals surface area contributed by atoms with Crippen molar-refractivity contribution in [1.29, 1.82) is 0 Å². The van der Waals surface area contributed by atoms with Crippen LogP contribution in [0.25, 0.3) is 0 Å². The van der Waals surface area contributed by atoms with Crippen molar-refractivity contribution in [3.8, 4) is 0 Å². The van der Waals surface area contributed by atoms with Crippen molar-refractivity contribution in [2.75, 3.05) is 33.7 Å². The minimum absolute atomic E-state index is 0. The van der Waals surface area contributed by atoms with Crippen molar-refractivity contribution in [2.45, 2.75) is 31.7 Å². The van der Waals surface area contributed by atoms with E-state index < -0.39 is 0 Å². The van der Waals surface area contributed by atoms with Gasteiger partial charge < -0.3 is 15.1 Å². The number of carbonyl (C=O) groups excluding carboxylic acids is 1. The Morgan fingerprint density at radius 1 is 1.30 bits per heavy atom. The predicted molar refractivity (Wildman–Crippen MR) is 93.6 cm³/mol. The number of halogens is 2. The summed E-state index contributed by atoms with van der Waals surface area (Å²) < 4.78 is 12.9. The first kappa shape index (κ1) is 19.7. The first-order valence-electron chi connectivity index (χ1n) is 8.01. The van der Waals surface area contributed by atoms with Gasteiger partial charge in [-0.05, 0) is 37.0 Å². The molecule has 1 atom stereocenters. The number of rotatable bonds is 5. The second kappa shape index (κ2) is 9.73. The maximum absolute atomic E-state index is 12.9. The van der Waals surface area contributed by atoms with Crippen molar-refractivity contribution in [2.24, 2.45) is 0 Å². The zero-order chi connectivity index (χ0) is 15.9. The van der Waals surface area contributed by atoms with Crippen molar-refractivity contribution >= 4 is 18.4 Å². The number of benzene rings is 1. The molecule has 1 unspecified atom stereocenters. The lowest BCUT2D eigenvalue weighted by atomic mass is 10.0. The van der Waals surface area contributed by atoms with Crippen molar-refractivity contribution in [1.82, 2.24) is 15.1 Å². The molecule has 6 heteroatoms. The molecule has 0 radical (unpaired) electrons. The lowest BCUT2D eigenvalue weighted by Crippen LogP contribution is -2.56. The van der Waals surface area contributed by atoms with Crippen LogP contribution in [0.15, 0.2) is 24.3 Å². The third-order valence-electron chi connectivity index (χ3n) is 4.14. The molecule has 2 rings (SSSR count). The SMILES string of the molecule is CN(C)C(=O)N1CCNCC1CCCCc1ccc(F)cc1.Cl. The average molecular weight is 344 g/mol. The Hall–Kier alpha value is -1.33. The van der Waals surface area contributed by atoms with E-state index in [1.807, 2.05) is 17.0 Å². The normalized spacial score (nSPS) is 17.5. The smallest absolute Gasteiger partial charge is 0.319 e. The van der Waals surface area contributed by atoms with E-state index in [0.717, 1.165) is 45.3 Å². The number of urea groups is 1. The number of unbranched alkanes of at least 4 members (excludes halogenated alkanes) is 1. The van der Waals surface area contributed by atoms with Crippen LogP contribution in [0.3, 0.4) is 0 Å². The molecule has 2 amide bonds. The number of carbonyl (C=O) groups is 1. The topological polar surface area (TPSA) is 35.6 Å². The highest BCUT2D eigenvalue weighted by Crippen LogP contribution is 2.15. The maximum atomic E-state index is 12.9. The summed E-state index contributed by atoms with van der Waals surface area (Å²) in [5, 5.41) is 3.37. The van der Waals surface area contributed by atoms with Crippen LogP contribution in [0.1, 0.15) is 24.8 Å². The van der Waals surface area contributed by atoms with Gasteiger partial charge in [0.1, 0.15) is 5.82 Å². The number of nitrogens with zero attached hydrogens (tertiary/aromatic N) is 2. The predicted octanol–water partition coefficient (Wildman–Crippen LogP) is 2.92. The van der Waals surface area contributed by atoms with Crippen molar-refractivity contribution < 1.29 is 9.18 Å². The molecule has 0 aliphatic carbocycles. The molecule has 1 heterocycles. The van der Waals surface area contributed by atoms with Gasteiger partial charge in [-0.3, -0.25) is 0 Å². The Labute approximate surface area is 144 Å². The van der Waals surface area contributed by atoms with E-state index in [4.69, 9.17) is 0 Å². The number of hydrogen-bond acceptors (Lipinski definition) is 2. The Morgan fingerprint density at radius 2 is 2.00 bits per heavy atom. The Morgan fingerprint density at radius 3 is 2.65 bits per heavy atom. The first-order valence-corrected chi connectivity index (χ1v) is 8.01. The zero-order valence-corrected chi connectivity index (χ0v) is 14.7. The summed E-state index contributed by atoms with van der Waals surface area (Å²) in [5.74, 6) is -0.185. The van der Waals surface area contributed by atoms with Gasteiger partial charge in [0.2, 0.25) is 0 Å². The standard InChI is InChI=1S/C17H26FN3O.ClH/c1-20(2)17(22)21-12-11-19-13-16(21)6-4-3-5-14-7-9-15(18)10-8-14;/h7-10,16,19H,3-6,11-13H2,1-2H3;1H. The lowest BCUT2D eigenvalue weighted by Gasteiger charge is -2.37. The van der Waals surface area contributed by atoms with E-state index in [1.165, 1.54) is 17.7 Å². The summed E-state index contributed by atoms with van der Waals surface area (Å²) in [6.07, 6.45) is 4.10. The van der Waals surface area contributed by atoms with Gasteiger partial charge in [-0.1, -0.05) is 18.6 Å². The van der Waals surface area contributed by atoms with Crippen LogP contribution in [-0.4, -0.2) is 55.6 Å². The number of nitrogens with one attached hydrogen (secondary N) is 1. The fourth-order valence-corrected chi connectivity index (χ4v) is 2.89. The molecule has 0 saturated carbocycles. The molecule has 1 aromatic rings. The van der Waals surface area contributed by atoms with E-state index in [1.54, 1.807) is 19.0 Å². The van der Waals surface area contributed by atoms with Gasteiger partial charge in [0, 0.05) is 39.8 Å². The zero-order valence-electron chi connectivity index (χ0n) is 13.9. The van der Waals surface area contributed by atoms with Crippen LogP contribution in [0, 0.1) is 5.82 Å². The van der Waals surface area contributed by atoms with Crippen molar-refractivity contribution in [3.05, 3.63) is 35.6 Å². The van der Waals surface area contributed by atoms with Crippen LogP contribution in [0.4, 0.5) is 9.18 Å². The summed E-state index contributed by atoms with van der Waals surface area (Å²) in [6, 6.07) is 7.09. The van der Waals surface area contributed by atoms with E-state index in [9.17, 15) is 9.18 Å². The highest BCUT2D eigenvalue weighted by atomic mass is 35.5. The quantitative estimate of drug-likeness (QED) is 0.834. The monoisotopic (exact) mass is 343 g/mol. The molecular formula is C17H27ClFN3O. The van der Waals surface area contributed by atoms with Crippen LogP contribution in [0.5, 0.6) is 0 Å². The van der Waals surface area contributed by atoms with Crippen LogP contribution in [-0.2, 0) is 6.42 Å². The minimum atomic E-state index is -0.185. The third kappa shape index (κ3) is 5.99. The van der Waals surface area contributed by atoms with E-state index in [-0.39, 0.29) is 30.3 Å². The molecular weight excluding hydrogens is 317 g/mol. The van der Waals surface area contributed by atoms with Crippen LogP contribution < -0.4 is 5.32 Å². The minimum Gasteiger partial charge on any atom is -0.331 e. The molecule has 23 heavy (non-hydrogen) atoms. The number of hydrogen-bond donors (Lipinski definition) is 1. The molecule has 0 spiro atoms. The maximum Gasteiger partial charge on any atom is 0.319 e. The molecule has 1 saturated heterocycles. The third-order valence-corrected chi connectivity index (χ3v) is 4.14. The van der Waals surface area contributed by atoms with Gasteiger partial charge in [-0.15, -0.1) is 12.4 Å². The largest absolute Gasteiger partial charge is 0.331 e. The van der Waals surface area contributed by atoms with Gasteiger partial charge in [-0.2, -0.15) is 0 Å². The molecule has 0 bridgehead atoms. The second-order valence-electron chi connectivity index (χ2n) is 6.10. The second-order valence-corrected chi connectivity index (χ2v) is 6.10. The molecule has 0 aromatic heterocycles. The average Bonchev–Trinajstić information content (AvgIpc) is 2.53. The summed E-state index contributed by atoms with van der Waals surface area (Å²) in [7, 11) is 3.60. The number of piperazine rings is 1. The highest BCUT2D eigenvalue weighted by Gasteiger charge is 2.26. The lowest BCUT2D eigenvalue weighted by molar-refractivity contribution is 0.130. The van der Waals surface area contributed by atoms with Crippen LogP contribution >= 0.6 is 12.4 Å². The molecule has 4 nitrogen and oxygen atoms in total. The Bertz CT molecular complexity index is 481. The van der Waals surface area contributed by atoms with Gasteiger partial charge in [0.15, 0.2) is 0 Å². The van der Waals surface area contributed by atoms with E-state index >= 15 is 0 Å². The fraction of sp³-hybridized carbons (Fsp3) is 0.588. The first-order chi connectivity index (χ1) is 10.6. The molecule has 1 aromatic carbocycles. The fourth-order valence-electron chi connectivity index (χ4n) is 2.89. The number of aryl methyl sites for hydroxylation is 1. The van der Waals surface area contributed by atoms with Gasteiger partial charge in [0.05, 0.1) is 0 Å². The van der Waals surface area contributed by atoms with E-state index in [2.05, 4.69) is 5.32 Å². The van der Waals surface area contributed by atoms with Gasteiger partial charge in [-0.25, -0.2) is 9.18 Å². The van der Waals surface area contributed by atoms with Gasteiger partial charge in [0.25, 0.3) is 0 Å². The highest BCUT2D eigenvalue weighted by molar-refractivity contribution is 5.85. The number of amides is 2. The van der Waals surface area contributed by atoms with Crippen molar-refractivity contribution in [3.63, 3.8) is 0 Å². The summed E-state index contributed by atoms with van der Waals surface area (Å²) in [5.41, 5.74) is 1.17. The molecule has 1 aliphatic heterocycles. The molecule has 1 aliphatic rings. The van der Waals surface area contributed by atoms with Gasteiger partial charge >= 0.3 is 6.03 Å². The molecule has 1 N–H and O–H groups in total. The molecule has 1 fully saturated rings. The van der Waals surface area contributed by atoms with Crippen LogP contribution in [0.2, 0.25) is 0 Å². The molecule has 130 valence electrons. The summed E-state index contributed by atoms with van der Waals surface area (Å²) in [6.45, 7) is 2.52. The summed E-state index contributed by atoms with van der Waals surface area (Å²) >= 11 is 0. The van der Waals surface area contributed by atoms with E-state index in [0.29, 0.717) is 0 Å². The Balaban J connectivity index is 0.00000264.